The van der Waals surface area contributed by atoms with Crippen LogP contribution in [0.25, 0.3) is 5.69 Å². The van der Waals surface area contributed by atoms with E-state index in [-0.39, 0.29) is 0 Å². The molecule has 2 rings (SSSR count). The number of hydrogen-bond donors (Lipinski definition) is 0. The molecule has 3 heteroatoms. The molecular weight excluding hydrogens is 220 g/mol. The van der Waals surface area contributed by atoms with Gasteiger partial charge in [-0.05, 0) is 44.9 Å². The monoisotopic (exact) mass is 234 g/mol. The van der Waals surface area contributed by atoms with Crippen LogP contribution in [0, 0.1) is 27.7 Å². The van der Waals surface area contributed by atoms with Gasteiger partial charge in [-0.25, -0.2) is 4.68 Å². The van der Waals surface area contributed by atoms with Gasteiger partial charge in [-0.15, -0.1) is 0 Å². The average molecular weight is 235 g/mol. The first-order valence-electron chi connectivity index (χ1n) is 5.30. The Hall–Kier alpha value is -1.28. The van der Waals surface area contributed by atoms with E-state index in [1.807, 2.05) is 18.5 Å². The molecule has 0 spiro atoms. The molecule has 0 aliphatic rings. The van der Waals surface area contributed by atoms with E-state index in [2.05, 4.69) is 37.1 Å². The molecule has 0 saturated carbocycles. The highest BCUT2D eigenvalue weighted by Gasteiger charge is 2.12. The summed E-state index contributed by atoms with van der Waals surface area (Å²) >= 11 is 6.27. The zero-order valence-corrected chi connectivity index (χ0v) is 10.8. The van der Waals surface area contributed by atoms with E-state index in [0.717, 1.165) is 16.9 Å². The van der Waals surface area contributed by atoms with Crippen molar-refractivity contribution in [3.05, 3.63) is 45.7 Å². The molecule has 2 aromatic rings. The number of hydrogen-bond acceptors (Lipinski definition) is 1. The van der Waals surface area contributed by atoms with Crippen LogP contribution in [0.1, 0.15) is 22.4 Å². The van der Waals surface area contributed by atoms with Gasteiger partial charge in [-0.2, -0.15) is 5.10 Å². The number of benzene rings is 1. The van der Waals surface area contributed by atoms with Crippen molar-refractivity contribution in [2.24, 2.45) is 0 Å². The fourth-order valence-electron chi connectivity index (χ4n) is 1.68. The average Bonchev–Trinajstić information content (AvgIpc) is 2.50. The Kier molecular flexibility index (Phi) is 2.76. The van der Waals surface area contributed by atoms with Crippen LogP contribution in [-0.4, -0.2) is 9.78 Å². The van der Waals surface area contributed by atoms with Gasteiger partial charge in [0.05, 0.1) is 11.4 Å². The molecule has 2 nitrogen and oxygen atoms in total. The van der Waals surface area contributed by atoms with Crippen LogP contribution in [-0.2, 0) is 0 Å². The van der Waals surface area contributed by atoms with E-state index in [1.54, 1.807) is 0 Å². The van der Waals surface area contributed by atoms with Crippen LogP contribution in [0.4, 0.5) is 0 Å². The van der Waals surface area contributed by atoms with E-state index in [4.69, 9.17) is 11.6 Å². The minimum Gasteiger partial charge on any atom is -0.221 e. The number of rotatable bonds is 1. The van der Waals surface area contributed by atoms with Crippen LogP contribution >= 0.6 is 11.6 Å². The Morgan fingerprint density at radius 1 is 1.12 bits per heavy atom. The minimum absolute atomic E-state index is 0.700. The predicted octanol–water partition coefficient (Wildman–Crippen LogP) is 3.76. The van der Waals surface area contributed by atoms with Crippen molar-refractivity contribution in [3.63, 3.8) is 0 Å². The van der Waals surface area contributed by atoms with E-state index in [9.17, 15) is 0 Å². The summed E-state index contributed by atoms with van der Waals surface area (Å²) in [6.45, 7) is 8.10. The number of aromatic nitrogens is 2. The lowest BCUT2D eigenvalue weighted by Gasteiger charge is -2.08. The van der Waals surface area contributed by atoms with Crippen molar-refractivity contribution in [1.29, 1.82) is 0 Å². The second-order valence-electron chi connectivity index (χ2n) is 4.20. The van der Waals surface area contributed by atoms with Gasteiger partial charge in [0.15, 0.2) is 0 Å². The van der Waals surface area contributed by atoms with Crippen molar-refractivity contribution < 1.29 is 0 Å². The van der Waals surface area contributed by atoms with Gasteiger partial charge in [0.2, 0.25) is 0 Å². The SMILES string of the molecule is Cc1ccc(C)c(-n2nc(C)c(C)c2Cl)c1. The quantitative estimate of drug-likeness (QED) is 0.735. The molecule has 0 N–H and O–H groups in total. The fourth-order valence-corrected chi connectivity index (χ4v) is 1.95. The summed E-state index contributed by atoms with van der Waals surface area (Å²) in [5, 5.41) is 5.17. The molecule has 1 aromatic heterocycles. The summed E-state index contributed by atoms with van der Waals surface area (Å²) in [5.41, 5.74) is 5.46. The smallest absolute Gasteiger partial charge is 0.136 e. The van der Waals surface area contributed by atoms with Gasteiger partial charge in [-0.3, -0.25) is 0 Å². The zero-order chi connectivity index (χ0) is 11.9. The van der Waals surface area contributed by atoms with Gasteiger partial charge in [-0.1, -0.05) is 23.7 Å². The van der Waals surface area contributed by atoms with Gasteiger partial charge >= 0.3 is 0 Å². The van der Waals surface area contributed by atoms with Gasteiger partial charge < -0.3 is 0 Å². The molecule has 0 unspecified atom stereocenters. The molecule has 1 aromatic carbocycles. The van der Waals surface area contributed by atoms with E-state index in [1.165, 1.54) is 11.1 Å². The largest absolute Gasteiger partial charge is 0.221 e. The molecule has 0 bridgehead atoms. The van der Waals surface area contributed by atoms with Crippen LogP contribution in [0.5, 0.6) is 0 Å². The highest BCUT2D eigenvalue weighted by molar-refractivity contribution is 6.30. The third kappa shape index (κ3) is 1.74. The summed E-state index contributed by atoms with van der Waals surface area (Å²) in [6.07, 6.45) is 0. The Labute approximate surface area is 101 Å². The standard InChI is InChI=1S/C13H15ClN2/c1-8-5-6-9(2)12(7-8)16-13(14)10(3)11(4)15-16/h5-7H,1-4H3. The highest BCUT2D eigenvalue weighted by atomic mass is 35.5. The summed E-state index contributed by atoms with van der Waals surface area (Å²) in [5.74, 6) is 0. The van der Waals surface area contributed by atoms with Crippen molar-refractivity contribution in [2.45, 2.75) is 27.7 Å². The summed E-state index contributed by atoms with van der Waals surface area (Å²) < 4.78 is 1.81. The Bertz CT molecular complexity index is 541. The number of aryl methyl sites for hydroxylation is 3. The Balaban J connectivity index is 2.67. The molecule has 0 aliphatic carbocycles. The van der Waals surface area contributed by atoms with E-state index in [0.29, 0.717) is 5.15 Å². The minimum atomic E-state index is 0.700. The lowest BCUT2D eigenvalue weighted by molar-refractivity contribution is 0.855. The molecular formula is C13H15ClN2. The highest BCUT2D eigenvalue weighted by Crippen LogP contribution is 2.24. The third-order valence-corrected chi connectivity index (χ3v) is 3.32. The van der Waals surface area contributed by atoms with Crippen LogP contribution in [0.15, 0.2) is 18.2 Å². The summed E-state index contributed by atoms with van der Waals surface area (Å²) in [6, 6.07) is 6.29. The van der Waals surface area contributed by atoms with Crippen LogP contribution in [0.3, 0.4) is 0 Å². The summed E-state index contributed by atoms with van der Waals surface area (Å²) in [7, 11) is 0. The second-order valence-corrected chi connectivity index (χ2v) is 4.56. The Morgan fingerprint density at radius 3 is 2.38 bits per heavy atom. The van der Waals surface area contributed by atoms with E-state index < -0.39 is 0 Å². The lowest BCUT2D eigenvalue weighted by Crippen LogP contribution is -2.00. The number of nitrogens with zero attached hydrogens (tertiary/aromatic N) is 2. The maximum absolute atomic E-state index is 6.27. The number of halogens is 1. The lowest BCUT2D eigenvalue weighted by atomic mass is 10.1. The van der Waals surface area contributed by atoms with Crippen LogP contribution in [0.2, 0.25) is 5.15 Å². The van der Waals surface area contributed by atoms with Crippen molar-refractivity contribution in [2.75, 3.05) is 0 Å². The van der Waals surface area contributed by atoms with Gasteiger partial charge in [0, 0.05) is 5.56 Å². The molecule has 84 valence electrons. The Morgan fingerprint density at radius 2 is 1.81 bits per heavy atom. The molecule has 0 atom stereocenters. The molecule has 0 fully saturated rings. The van der Waals surface area contributed by atoms with Crippen molar-refractivity contribution in [1.82, 2.24) is 9.78 Å². The van der Waals surface area contributed by atoms with Gasteiger partial charge in [0.25, 0.3) is 0 Å². The third-order valence-electron chi connectivity index (χ3n) is 2.88. The molecule has 0 saturated heterocycles. The first-order chi connectivity index (χ1) is 7.50. The molecule has 0 amide bonds. The van der Waals surface area contributed by atoms with Crippen molar-refractivity contribution >= 4 is 11.6 Å². The molecule has 16 heavy (non-hydrogen) atoms. The van der Waals surface area contributed by atoms with Crippen molar-refractivity contribution in [3.8, 4) is 5.69 Å². The molecule has 0 radical (unpaired) electrons. The predicted molar refractivity (Wildman–Crippen MR) is 67.5 cm³/mol. The van der Waals surface area contributed by atoms with Crippen LogP contribution < -0.4 is 0 Å². The summed E-state index contributed by atoms with van der Waals surface area (Å²) in [4.78, 5) is 0. The zero-order valence-electron chi connectivity index (χ0n) is 10.0. The maximum atomic E-state index is 6.27. The second kappa shape index (κ2) is 3.95. The van der Waals surface area contributed by atoms with Gasteiger partial charge in [0.1, 0.15) is 5.15 Å². The topological polar surface area (TPSA) is 17.8 Å². The fraction of sp³-hybridized carbons (Fsp3) is 0.308. The molecule has 1 heterocycles. The first-order valence-corrected chi connectivity index (χ1v) is 5.68. The first kappa shape index (κ1) is 11.2. The molecule has 0 aliphatic heterocycles. The van der Waals surface area contributed by atoms with E-state index >= 15 is 0 Å². The maximum Gasteiger partial charge on any atom is 0.136 e. The normalized spacial score (nSPS) is 10.8.